The lowest BCUT2D eigenvalue weighted by Gasteiger charge is -2.07. The number of carbonyl (C=O) groups is 1. The maximum absolute atomic E-state index is 13.6. The summed E-state index contributed by atoms with van der Waals surface area (Å²) >= 11 is 14.5. The van der Waals surface area contributed by atoms with E-state index in [9.17, 15) is 9.18 Å². The summed E-state index contributed by atoms with van der Waals surface area (Å²) in [5.74, 6) is -1.07. The van der Waals surface area contributed by atoms with Crippen LogP contribution in [0, 0.1) is 5.82 Å². The Balaban J connectivity index is 2.23. The van der Waals surface area contributed by atoms with Crippen molar-refractivity contribution in [2.75, 3.05) is 5.32 Å². The molecule has 0 bridgehead atoms. The molecule has 0 aliphatic rings. The first-order valence-electron chi connectivity index (χ1n) is 5.05. The van der Waals surface area contributed by atoms with E-state index < -0.39 is 11.7 Å². The Morgan fingerprint density at radius 2 is 2.05 bits per heavy atom. The number of amides is 1. The van der Waals surface area contributed by atoms with E-state index in [1.165, 1.54) is 24.4 Å². The summed E-state index contributed by atoms with van der Waals surface area (Å²) in [7, 11) is 0. The van der Waals surface area contributed by atoms with Crippen LogP contribution in [0.5, 0.6) is 0 Å². The van der Waals surface area contributed by atoms with Crippen molar-refractivity contribution in [3.8, 4) is 0 Å². The maximum Gasteiger partial charge on any atom is 0.257 e. The van der Waals surface area contributed by atoms with Crippen molar-refractivity contribution in [3.63, 3.8) is 0 Å². The highest BCUT2D eigenvalue weighted by Crippen LogP contribution is 2.22. The molecule has 2 rings (SSSR count). The molecular weight excluding hydrogens is 358 g/mol. The van der Waals surface area contributed by atoms with Gasteiger partial charge in [0.15, 0.2) is 0 Å². The summed E-state index contributed by atoms with van der Waals surface area (Å²) in [6, 6.07) is 5.68. The van der Waals surface area contributed by atoms with Crippen LogP contribution in [0.3, 0.4) is 0 Å². The smallest absolute Gasteiger partial charge is 0.257 e. The second kappa shape index (κ2) is 5.86. The average Bonchev–Trinajstić information content (AvgIpc) is 2.36. The van der Waals surface area contributed by atoms with E-state index in [1.807, 2.05) is 0 Å². The SMILES string of the molecule is O=C(Nc1ccc(Br)cc1F)c1cnc(Cl)c(Cl)c1. The summed E-state index contributed by atoms with van der Waals surface area (Å²) < 4.78 is 14.1. The molecule has 0 atom stereocenters. The molecule has 0 saturated carbocycles. The molecule has 7 heteroatoms. The summed E-state index contributed by atoms with van der Waals surface area (Å²) in [4.78, 5) is 15.6. The topological polar surface area (TPSA) is 42.0 Å². The highest BCUT2D eigenvalue weighted by atomic mass is 79.9. The lowest BCUT2D eigenvalue weighted by atomic mass is 10.2. The van der Waals surface area contributed by atoms with Gasteiger partial charge in [0, 0.05) is 10.7 Å². The van der Waals surface area contributed by atoms with E-state index in [1.54, 1.807) is 6.07 Å². The third-order valence-electron chi connectivity index (χ3n) is 2.24. The molecule has 0 aliphatic heterocycles. The Bertz CT molecular complexity index is 652. The fraction of sp³-hybridized carbons (Fsp3) is 0. The van der Waals surface area contributed by atoms with Crippen LogP contribution >= 0.6 is 39.1 Å². The first-order chi connectivity index (χ1) is 8.97. The summed E-state index contributed by atoms with van der Waals surface area (Å²) in [5, 5.41) is 2.69. The standard InChI is InChI=1S/C12H6BrCl2FN2O/c13-7-1-2-10(9(16)4-7)18-12(19)6-3-8(14)11(15)17-5-6/h1-5H,(H,18,19). The number of rotatable bonds is 2. The Morgan fingerprint density at radius 3 is 2.68 bits per heavy atom. The van der Waals surface area contributed by atoms with E-state index in [0.29, 0.717) is 4.47 Å². The third-order valence-corrected chi connectivity index (χ3v) is 3.42. The van der Waals surface area contributed by atoms with Crippen molar-refractivity contribution in [1.29, 1.82) is 0 Å². The highest BCUT2D eigenvalue weighted by Gasteiger charge is 2.11. The largest absolute Gasteiger partial charge is 0.319 e. The molecule has 3 nitrogen and oxygen atoms in total. The maximum atomic E-state index is 13.6. The van der Waals surface area contributed by atoms with Crippen molar-refractivity contribution >= 4 is 50.7 Å². The van der Waals surface area contributed by atoms with E-state index >= 15 is 0 Å². The number of benzene rings is 1. The number of nitrogens with one attached hydrogen (secondary N) is 1. The first kappa shape index (κ1) is 14.2. The summed E-state index contributed by atoms with van der Waals surface area (Å²) in [5.41, 5.74) is 0.260. The molecule has 1 amide bonds. The van der Waals surface area contributed by atoms with Crippen LogP contribution in [0.4, 0.5) is 10.1 Å². The monoisotopic (exact) mass is 362 g/mol. The van der Waals surface area contributed by atoms with Crippen molar-refractivity contribution in [2.24, 2.45) is 0 Å². The zero-order chi connectivity index (χ0) is 14.0. The van der Waals surface area contributed by atoms with Crippen LogP contribution in [0.1, 0.15) is 10.4 Å². The summed E-state index contributed by atoms with van der Waals surface area (Å²) in [6.07, 6.45) is 1.26. The number of aromatic nitrogens is 1. The van der Waals surface area contributed by atoms with E-state index in [2.05, 4.69) is 26.2 Å². The normalized spacial score (nSPS) is 10.3. The highest BCUT2D eigenvalue weighted by molar-refractivity contribution is 9.10. The fourth-order valence-electron chi connectivity index (χ4n) is 1.33. The number of nitrogens with zero attached hydrogens (tertiary/aromatic N) is 1. The number of halogens is 4. The number of carbonyl (C=O) groups excluding carboxylic acids is 1. The minimum atomic E-state index is -0.546. The van der Waals surface area contributed by atoms with Crippen LogP contribution in [0.2, 0.25) is 10.2 Å². The molecule has 19 heavy (non-hydrogen) atoms. The minimum Gasteiger partial charge on any atom is -0.319 e. The van der Waals surface area contributed by atoms with Crippen LogP contribution in [-0.2, 0) is 0 Å². The Hall–Kier alpha value is -1.17. The Morgan fingerprint density at radius 1 is 1.32 bits per heavy atom. The summed E-state index contributed by atoms with van der Waals surface area (Å²) in [6.45, 7) is 0. The van der Waals surface area contributed by atoms with Crippen molar-refractivity contribution in [1.82, 2.24) is 4.98 Å². The Kier molecular flexibility index (Phi) is 4.39. The van der Waals surface area contributed by atoms with E-state index in [0.717, 1.165) is 0 Å². The molecule has 1 N–H and O–H groups in total. The molecule has 0 saturated heterocycles. The van der Waals surface area contributed by atoms with Crippen molar-refractivity contribution in [2.45, 2.75) is 0 Å². The van der Waals surface area contributed by atoms with Gasteiger partial charge in [0.25, 0.3) is 5.91 Å². The fourth-order valence-corrected chi connectivity index (χ4v) is 1.93. The van der Waals surface area contributed by atoms with Gasteiger partial charge in [0.1, 0.15) is 11.0 Å². The van der Waals surface area contributed by atoms with Gasteiger partial charge in [-0.1, -0.05) is 39.1 Å². The molecule has 1 aromatic heterocycles. The van der Waals surface area contributed by atoms with Gasteiger partial charge in [-0.3, -0.25) is 4.79 Å². The van der Waals surface area contributed by atoms with Gasteiger partial charge in [-0.15, -0.1) is 0 Å². The van der Waals surface area contributed by atoms with Gasteiger partial charge in [-0.2, -0.15) is 0 Å². The molecular formula is C12H6BrCl2FN2O. The molecule has 98 valence electrons. The van der Waals surface area contributed by atoms with E-state index in [4.69, 9.17) is 23.2 Å². The lowest BCUT2D eigenvalue weighted by molar-refractivity contribution is 0.102. The second-order valence-corrected chi connectivity index (χ2v) is 5.26. The third kappa shape index (κ3) is 3.43. The van der Waals surface area contributed by atoms with Crippen LogP contribution < -0.4 is 5.32 Å². The van der Waals surface area contributed by atoms with Gasteiger partial charge in [-0.05, 0) is 24.3 Å². The molecule has 0 radical (unpaired) electrons. The molecule has 0 aliphatic carbocycles. The first-order valence-corrected chi connectivity index (χ1v) is 6.59. The Labute approximate surface area is 126 Å². The van der Waals surface area contributed by atoms with Gasteiger partial charge >= 0.3 is 0 Å². The molecule has 2 aromatic rings. The predicted octanol–water partition coefficient (Wildman–Crippen LogP) is 4.54. The number of pyridine rings is 1. The molecule has 0 fully saturated rings. The van der Waals surface area contributed by atoms with Crippen LogP contribution in [0.15, 0.2) is 34.9 Å². The van der Waals surface area contributed by atoms with Gasteiger partial charge < -0.3 is 5.32 Å². The van der Waals surface area contributed by atoms with Crippen LogP contribution in [-0.4, -0.2) is 10.9 Å². The van der Waals surface area contributed by atoms with Gasteiger partial charge in [0.2, 0.25) is 0 Å². The number of hydrogen-bond acceptors (Lipinski definition) is 2. The van der Waals surface area contributed by atoms with Crippen molar-refractivity contribution < 1.29 is 9.18 Å². The zero-order valence-corrected chi connectivity index (χ0v) is 12.4. The average molecular weight is 364 g/mol. The molecule has 1 aromatic carbocycles. The predicted molar refractivity (Wildman–Crippen MR) is 76.3 cm³/mol. The lowest BCUT2D eigenvalue weighted by Crippen LogP contribution is -2.13. The molecule has 1 heterocycles. The van der Waals surface area contributed by atoms with Crippen LogP contribution in [0.25, 0.3) is 0 Å². The number of anilines is 1. The zero-order valence-electron chi connectivity index (χ0n) is 9.25. The molecule has 0 spiro atoms. The minimum absolute atomic E-state index is 0.0688. The van der Waals surface area contributed by atoms with Gasteiger partial charge in [-0.25, -0.2) is 9.37 Å². The number of hydrogen-bond donors (Lipinski definition) is 1. The van der Waals surface area contributed by atoms with Crippen molar-refractivity contribution in [3.05, 3.63) is 56.5 Å². The van der Waals surface area contributed by atoms with E-state index in [-0.39, 0.29) is 21.4 Å². The molecule has 0 unspecified atom stereocenters. The second-order valence-electron chi connectivity index (χ2n) is 3.57. The quantitative estimate of drug-likeness (QED) is 0.795. The van der Waals surface area contributed by atoms with Gasteiger partial charge in [0.05, 0.1) is 16.3 Å².